The molecule has 194 valence electrons. The van der Waals surface area contributed by atoms with E-state index in [1.807, 2.05) is 0 Å². The molecule has 0 spiro atoms. The van der Waals surface area contributed by atoms with Crippen molar-refractivity contribution in [1.29, 1.82) is 0 Å². The first kappa shape index (κ1) is 24.8. The van der Waals surface area contributed by atoms with Gasteiger partial charge in [0.2, 0.25) is 16.0 Å². The summed E-state index contributed by atoms with van der Waals surface area (Å²) in [5.41, 5.74) is 2.33. The highest BCUT2D eigenvalue weighted by atomic mass is 32.2. The van der Waals surface area contributed by atoms with Gasteiger partial charge in [0.05, 0.1) is 17.5 Å². The number of carbonyl (C=O) groups is 1. The summed E-state index contributed by atoms with van der Waals surface area (Å²) in [4.78, 5) is 19.0. The molecule has 2 aromatic carbocycles. The van der Waals surface area contributed by atoms with Gasteiger partial charge in [-0.25, -0.2) is 13.4 Å². The predicted molar refractivity (Wildman–Crippen MR) is 133 cm³/mol. The molecule has 0 amide bonds. The van der Waals surface area contributed by atoms with Gasteiger partial charge in [-0.2, -0.15) is 18.2 Å². The fraction of sp³-hybridized carbons (Fsp3) is 0.292. The van der Waals surface area contributed by atoms with E-state index in [0.29, 0.717) is 42.5 Å². The van der Waals surface area contributed by atoms with Gasteiger partial charge in [-0.05, 0) is 47.9 Å². The summed E-state index contributed by atoms with van der Waals surface area (Å²) in [6, 6.07) is 11.6. The van der Waals surface area contributed by atoms with Crippen LogP contribution in [0.2, 0.25) is 0 Å². The van der Waals surface area contributed by atoms with E-state index in [0.717, 1.165) is 17.5 Å². The summed E-state index contributed by atoms with van der Waals surface area (Å²) < 4.78 is 66.8. The third-order valence-corrected chi connectivity index (χ3v) is 8.03. The molecule has 0 bridgehead atoms. The fourth-order valence-electron chi connectivity index (χ4n) is 4.40. The second-order valence-corrected chi connectivity index (χ2v) is 10.8. The van der Waals surface area contributed by atoms with Crippen LogP contribution in [0, 0.1) is 0 Å². The summed E-state index contributed by atoms with van der Waals surface area (Å²) in [6.07, 6.45) is -2.12. The number of carbonyl (C=O) groups excluding carboxylic acids is 1. The Bertz CT molecular complexity index is 1450. The van der Waals surface area contributed by atoms with Crippen molar-refractivity contribution in [3.63, 3.8) is 0 Å². The predicted octanol–water partition coefficient (Wildman–Crippen LogP) is 3.93. The standard InChI is InChI=1S/C24H23F3N6O3S/c25-24(26,27)20-13-29-23(31-17-5-6-21-16(10-17)11-18(14-34)30-21)32-22(20)28-12-15-3-1-4-19(9-15)33-7-2-8-37(33,35)36/h1,3-6,9-10,13-14,18,30H,2,7-8,11-12H2,(H2,28,29,31,32). The van der Waals surface area contributed by atoms with Crippen LogP contribution in [0.1, 0.15) is 23.1 Å². The summed E-state index contributed by atoms with van der Waals surface area (Å²) in [7, 11) is -3.38. The van der Waals surface area contributed by atoms with Crippen molar-refractivity contribution in [2.45, 2.75) is 31.6 Å². The van der Waals surface area contributed by atoms with E-state index in [9.17, 15) is 26.4 Å². The van der Waals surface area contributed by atoms with Crippen molar-refractivity contribution in [1.82, 2.24) is 9.97 Å². The Hall–Kier alpha value is -3.87. The van der Waals surface area contributed by atoms with Crippen LogP contribution >= 0.6 is 0 Å². The fourth-order valence-corrected chi connectivity index (χ4v) is 5.96. The Balaban J connectivity index is 1.36. The van der Waals surface area contributed by atoms with Crippen molar-refractivity contribution in [2.24, 2.45) is 0 Å². The first-order valence-corrected chi connectivity index (χ1v) is 13.1. The number of anilines is 5. The molecular weight excluding hydrogens is 509 g/mol. The number of benzene rings is 2. The van der Waals surface area contributed by atoms with Gasteiger partial charge in [-0.15, -0.1) is 0 Å². The van der Waals surface area contributed by atoms with Crippen molar-refractivity contribution in [2.75, 3.05) is 32.6 Å². The van der Waals surface area contributed by atoms with E-state index in [-0.39, 0.29) is 24.3 Å². The van der Waals surface area contributed by atoms with Gasteiger partial charge in [0.1, 0.15) is 17.7 Å². The molecule has 3 N–H and O–H groups in total. The molecule has 9 nitrogen and oxygen atoms in total. The first-order valence-electron chi connectivity index (χ1n) is 11.5. The van der Waals surface area contributed by atoms with Crippen molar-refractivity contribution in [3.05, 3.63) is 65.4 Å². The number of hydrogen-bond donors (Lipinski definition) is 3. The number of alkyl halides is 3. The van der Waals surface area contributed by atoms with Crippen LogP contribution < -0.4 is 20.3 Å². The zero-order valence-electron chi connectivity index (χ0n) is 19.4. The Kier molecular flexibility index (Phi) is 6.40. The minimum Gasteiger partial charge on any atom is -0.375 e. The van der Waals surface area contributed by atoms with Crippen molar-refractivity contribution < 1.29 is 26.4 Å². The average Bonchev–Trinajstić information content (AvgIpc) is 3.44. The minimum atomic E-state index is -4.69. The molecule has 1 atom stereocenters. The minimum absolute atomic E-state index is 0.0150. The Morgan fingerprint density at radius 3 is 2.76 bits per heavy atom. The normalized spacial score (nSPS) is 18.2. The molecule has 1 aromatic heterocycles. The summed E-state index contributed by atoms with van der Waals surface area (Å²) in [6.45, 7) is 0.353. The lowest BCUT2D eigenvalue weighted by molar-refractivity contribution is -0.137. The van der Waals surface area contributed by atoms with E-state index in [4.69, 9.17) is 0 Å². The summed E-state index contributed by atoms with van der Waals surface area (Å²) in [5.74, 6) is -0.377. The number of nitrogens with zero attached hydrogens (tertiary/aromatic N) is 3. The molecular formula is C24H23F3N6O3S. The molecule has 0 aliphatic carbocycles. The van der Waals surface area contributed by atoms with Crippen LogP contribution in [0.3, 0.4) is 0 Å². The van der Waals surface area contributed by atoms with Crippen molar-refractivity contribution >= 4 is 45.1 Å². The second kappa shape index (κ2) is 9.54. The number of nitrogens with one attached hydrogen (secondary N) is 3. The Morgan fingerprint density at radius 2 is 2.03 bits per heavy atom. The number of aldehydes is 1. The highest BCUT2D eigenvalue weighted by Crippen LogP contribution is 2.35. The molecule has 37 heavy (non-hydrogen) atoms. The smallest absolute Gasteiger partial charge is 0.375 e. The molecule has 3 heterocycles. The molecule has 1 fully saturated rings. The van der Waals surface area contributed by atoms with Crippen LogP contribution in [0.15, 0.2) is 48.7 Å². The van der Waals surface area contributed by atoms with Gasteiger partial charge < -0.3 is 20.7 Å². The van der Waals surface area contributed by atoms with Crippen LogP contribution in [-0.4, -0.2) is 43.0 Å². The summed E-state index contributed by atoms with van der Waals surface area (Å²) >= 11 is 0. The van der Waals surface area contributed by atoms with Crippen LogP contribution in [0.4, 0.5) is 42.0 Å². The molecule has 1 unspecified atom stereocenters. The lowest BCUT2D eigenvalue weighted by Crippen LogP contribution is -2.25. The number of sulfonamides is 1. The van der Waals surface area contributed by atoms with Gasteiger partial charge in [-0.3, -0.25) is 4.31 Å². The van der Waals surface area contributed by atoms with Gasteiger partial charge >= 0.3 is 6.18 Å². The molecule has 2 aliphatic rings. The zero-order chi connectivity index (χ0) is 26.2. The topological polar surface area (TPSA) is 116 Å². The van der Waals surface area contributed by atoms with Crippen LogP contribution in [-0.2, 0) is 34.0 Å². The summed E-state index contributed by atoms with van der Waals surface area (Å²) in [5, 5.41) is 8.72. The number of fused-ring (bicyclic) bond motifs is 1. The van der Waals surface area contributed by atoms with Crippen molar-refractivity contribution in [3.8, 4) is 0 Å². The molecule has 0 radical (unpaired) electrons. The third-order valence-electron chi connectivity index (χ3n) is 6.16. The van der Waals surface area contributed by atoms with E-state index in [1.54, 1.807) is 42.5 Å². The van der Waals surface area contributed by atoms with E-state index >= 15 is 0 Å². The molecule has 1 saturated heterocycles. The molecule has 13 heteroatoms. The highest BCUT2D eigenvalue weighted by Gasteiger charge is 2.35. The Labute approximate surface area is 211 Å². The van der Waals surface area contributed by atoms with Crippen LogP contribution in [0.5, 0.6) is 0 Å². The van der Waals surface area contributed by atoms with E-state index in [2.05, 4.69) is 25.9 Å². The largest absolute Gasteiger partial charge is 0.421 e. The van der Waals surface area contributed by atoms with Gasteiger partial charge in [-0.1, -0.05) is 12.1 Å². The van der Waals surface area contributed by atoms with Gasteiger partial charge in [0, 0.05) is 37.1 Å². The molecule has 5 rings (SSSR count). The maximum absolute atomic E-state index is 13.7. The number of halogens is 3. The second-order valence-electron chi connectivity index (χ2n) is 8.81. The van der Waals surface area contributed by atoms with Gasteiger partial charge in [0.25, 0.3) is 0 Å². The average molecular weight is 533 g/mol. The lowest BCUT2D eigenvalue weighted by atomic mass is 10.1. The first-order chi connectivity index (χ1) is 17.6. The lowest BCUT2D eigenvalue weighted by Gasteiger charge is -2.18. The highest BCUT2D eigenvalue weighted by molar-refractivity contribution is 7.93. The quantitative estimate of drug-likeness (QED) is 0.392. The monoisotopic (exact) mass is 532 g/mol. The number of hydrogen-bond acceptors (Lipinski definition) is 8. The third kappa shape index (κ3) is 5.31. The maximum Gasteiger partial charge on any atom is 0.421 e. The molecule has 3 aromatic rings. The van der Waals surface area contributed by atoms with E-state index in [1.165, 1.54) is 4.31 Å². The molecule has 0 saturated carbocycles. The SMILES string of the molecule is O=CC1Cc2cc(Nc3ncc(C(F)(F)F)c(NCc4cccc(N5CCCS5(=O)=O)c4)n3)ccc2N1. The van der Waals surface area contributed by atoms with E-state index < -0.39 is 27.6 Å². The van der Waals surface area contributed by atoms with Crippen LogP contribution in [0.25, 0.3) is 0 Å². The Morgan fingerprint density at radius 1 is 1.19 bits per heavy atom. The number of aromatic nitrogens is 2. The van der Waals surface area contributed by atoms with Gasteiger partial charge in [0.15, 0.2) is 0 Å². The zero-order valence-corrected chi connectivity index (χ0v) is 20.2. The maximum atomic E-state index is 13.7. The molecule has 2 aliphatic heterocycles. The number of rotatable bonds is 7.